The minimum atomic E-state index is -2.88. The Morgan fingerprint density at radius 3 is 2.80 bits per heavy atom. The van der Waals surface area contributed by atoms with Gasteiger partial charge < -0.3 is 10.1 Å². The summed E-state index contributed by atoms with van der Waals surface area (Å²) in [6.45, 7) is 2.10. The van der Waals surface area contributed by atoms with Gasteiger partial charge in [0.25, 0.3) is 0 Å². The van der Waals surface area contributed by atoms with Crippen LogP contribution in [-0.4, -0.2) is 33.1 Å². The predicted molar refractivity (Wildman–Crippen MR) is 80.8 cm³/mol. The molecule has 112 valence electrons. The first-order valence-electron chi connectivity index (χ1n) is 7.15. The Kier molecular flexibility index (Phi) is 5.05. The maximum Gasteiger partial charge on any atom is 0.151 e. The first-order chi connectivity index (χ1) is 9.55. The van der Waals surface area contributed by atoms with E-state index in [1.165, 1.54) is 0 Å². The number of methoxy groups -OCH3 is 1. The smallest absolute Gasteiger partial charge is 0.151 e. The Balaban J connectivity index is 2.13. The largest absolute Gasteiger partial charge is 0.496 e. The van der Waals surface area contributed by atoms with Gasteiger partial charge in [-0.2, -0.15) is 0 Å². The van der Waals surface area contributed by atoms with Crippen LogP contribution in [0.1, 0.15) is 37.8 Å². The van der Waals surface area contributed by atoms with E-state index in [4.69, 9.17) is 4.74 Å². The molecule has 1 N–H and O–H groups in total. The number of nitrogens with one attached hydrogen (secondary N) is 1. The Labute approximate surface area is 121 Å². The van der Waals surface area contributed by atoms with Gasteiger partial charge in [-0.05, 0) is 25.3 Å². The third kappa shape index (κ3) is 3.73. The number of benzene rings is 1. The third-order valence-electron chi connectivity index (χ3n) is 3.82. The molecule has 1 aromatic carbocycles. The van der Waals surface area contributed by atoms with Crippen molar-refractivity contribution in [1.82, 2.24) is 5.32 Å². The Morgan fingerprint density at radius 2 is 2.15 bits per heavy atom. The first-order valence-corrected chi connectivity index (χ1v) is 8.97. The molecule has 2 atom stereocenters. The van der Waals surface area contributed by atoms with Crippen LogP contribution in [-0.2, 0) is 9.84 Å². The van der Waals surface area contributed by atoms with Gasteiger partial charge in [0, 0.05) is 17.6 Å². The van der Waals surface area contributed by atoms with Gasteiger partial charge in [-0.25, -0.2) is 8.42 Å². The number of ether oxygens (including phenoxy) is 1. The van der Waals surface area contributed by atoms with E-state index >= 15 is 0 Å². The van der Waals surface area contributed by atoms with Gasteiger partial charge in [-0.3, -0.25) is 0 Å². The molecule has 1 aliphatic heterocycles. The standard InChI is InChI=1S/C15H23NO3S/c1-3-14(13-8-4-5-9-15(13)19-2)16-12-7-6-10-20(17,18)11-12/h4-5,8-9,12,14,16H,3,6-7,10-11H2,1-2H3. The molecule has 0 radical (unpaired) electrons. The van der Waals surface area contributed by atoms with Gasteiger partial charge in [0.15, 0.2) is 9.84 Å². The molecule has 2 rings (SSSR count). The average Bonchev–Trinajstić information content (AvgIpc) is 2.44. The number of hydrogen-bond acceptors (Lipinski definition) is 4. The minimum absolute atomic E-state index is 0.0450. The maximum absolute atomic E-state index is 11.7. The van der Waals surface area contributed by atoms with Gasteiger partial charge >= 0.3 is 0 Å². The van der Waals surface area contributed by atoms with Crippen molar-refractivity contribution in [2.24, 2.45) is 0 Å². The summed E-state index contributed by atoms with van der Waals surface area (Å²) < 4.78 is 28.9. The highest BCUT2D eigenvalue weighted by Crippen LogP contribution is 2.28. The van der Waals surface area contributed by atoms with Crippen LogP contribution >= 0.6 is 0 Å². The fraction of sp³-hybridized carbons (Fsp3) is 0.600. The molecule has 1 aromatic rings. The summed E-state index contributed by atoms with van der Waals surface area (Å²) in [6.07, 6.45) is 2.57. The third-order valence-corrected chi connectivity index (χ3v) is 5.64. The van der Waals surface area contributed by atoms with Crippen molar-refractivity contribution in [2.75, 3.05) is 18.6 Å². The molecule has 20 heavy (non-hydrogen) atoms. The van der Waals surface area contributed by atoms with E-state index in [1.807, 2.05) is 24.3 Å². The van der Waals surface area contributed by atoms with Gasteiger partial charge in [-0.15, -0.1) is 0 Å². The number of rotatable bonds is 5. The Morgan fingerprint density at radius 1 is 1.40 bits per heavy atom. The molecule has 0 aromatic heterocycles. The predicted octanol–water partition coefficient (Wildman–Crippen LogP) is 2.31. The van der Waals surface area contributed by atoms with Crippen molar-refractivity contribution in [1.29, 1.82) is 0 Å². The van der Waals surface area contributed by atoms with E-state index < -0.39 is 9.84 Å². The highest BCUT2D eigenvalue weighted by atomic mass is 32.2. The fourth-order valence-electron chi connectivity index (χ4n) is 2.82. The number of sulfone groups is 1. The zero-order chi connectivity index (χ0) is 14.6. The molecule has 0 bridgehead atoms. The van der Waals surface area contributed by atoms with Crippen molar-refractivity contribution >= 4 is 9.84 Å². The van der Waals surface area contributed by atoms with Crippen LogP contribution in [0.15, 0.2) is 24.3 Å². The van der Waals surface area contributed by atoms with E-state index in [0.29, 0.717) is 5.75 Å². The van der Waals surface area contributed by atoms with E-state index in [-0.39, 0.29) is 17.8 Å². The molecule has 4 nitrogen and oxygen atoms in total. The maximum atomic E-state index is 11.7. The molecule has 1 saturated heterocycles. The van der Waals surface area contributed by atoms with Gasteiger partial charge in [0.1, 0.15) is 5.75 Å². The van der Waals surface area contributed by atoms with Crippen LogP contribution in [0.4, 0.5) is 0 Å². The second kappa shape index (κ2) is 6.59. The quantitative estimate of drug-likeness (QED) is 0.906. The van der Waals surface area contributed by atoms with Crippen molar-refractivity contribution in [3.63, 3.8) is 0 Å². The van der Waals surface area contributed by atoms with Gasteiger partial charge in [-0.1, -0.05) is 25.1 Å². The van der Waals surface area contributed by atoms with Crippen molar-refractivity contribution in [2.45, 2.75) is 38.3 Å². The SMILES string of the molecule is CCC(NC1CCCS(=O)(=O)C1)c1ccccc1OC. The molecule has 0 aliphatic carbocycles. The molecule has 0 spiro atoms. The first kappa shape index (κ1) is 15.3. The monoisotopic (exact) mass is 297 g/mol. The molecular formula is C15H23NO3S. The molecule has 1 aliphatic rings. The van der Waals surface area contributed by atoms with Crippen LogP contribution in [0, 0.1) is 0 Å². The van der Waals surface area contributed by atoms with E-state index in [9.17, 15) is 8.42 Å². The molecule has 5 heteroatoms. The number of hydrogen-bond donors (Lipinski definition) is 1. The summed E-state index contributed by atoms with van der Waals surface area (Å²) in [5.74, 6) is 1.43. The molecule has 1 heterocycles. The lowest BCUT2D eigenvalue weighted by molar-refractivity contribution is 0.378. The van der Waals surface area contributed by atoms with Crippen molar-refractivity contribution < 1.29 is 13.2 Å². The lowest BCUT2D eigenvalue weighted by Gasteiger charge is -2.28. The fourth-order valence-corrected chi connectivity index (χ4v) is 4.47. The molecular weight excluding hydrogens is 274 g/mol. The van der Waals surface area contributed by atoms with Crippen LogP contribution in [0.5, 0.6) is 5.75 Å². The topological polar surface area (TPSA) is 55.4 Å². The van der Waals surface area contributed by atoms with E-state index in [1.54, 1.807) is 7.11 Å². The highest BCUT2D eigenvalue weighted by molar-refractivity contribution is 7.91. The zero-order valence-corrected chi connectivity index (χ0v) is 12.9. The summed E-state index contributed by atoms with van der Waals surface area (Å²) in [7, 11) is -1.21. The Bertz CT molecular complexity index is 542. The number of para-hydroxylation sites is 1. The summed E-state index contributed by atoms with van der Waals surface area (Å²) in [6, 6.07) is 8.09. The second-order valence-corrected chi connectivity index (χ2v) is 7.55. The summed E-state index contributed by atoms with van der Waals surface area (Å²) in [5, 5.41) is 3.49. The second-order valence-electron chi connectivity index (χ2n) is 5.32. The van der Waals surface area contributed by atoms with Crippen molar-refractivity contribution in [3.8, 4) is 5.75 Å². The van der Waals surface area contributed by atoms with Crippen LogP contribution in [0.3, 0.4) is 0 Å². The van der Waals surface area contributed by atoms with Crippen LogP contribution in [0.25, 0.3) is 0 Å². The molecule has 2 unspecified atom stereocenters. The Hall–Kier alpha value is -1.07. The lowest BCUT2D eigenvalue weighted by Crippen LogP contribution is -2.41. The summed E-state index contributed by atoms with van der Waals surface area (Å²) >= 11 is 0. The van der Waals surface area contributed by atoms with Gasteiger partial charge in [0.05, 0.1) is 18.6 Å². The molecule has 1 fully saturated rings. The zero-order valence-electron chi connectivity index (χ0n) is 12.1. The van der Waals surface area contributed by atoms with Crippen molar-refractivity contribution in [3.05, 3.63) is 29.8 Å². The summed E-state index contributed by atoms with van der Waals surface area (Å²) in [4.78, 5) is 0. The highest BCUT2D eigenvalue weighted by Gasteiger charge is 2.27. The summed E-state index contributed by atoms with van der Waals surface area (Å²) in [5.41, 5.74) is 1.10. The normalized spacial score (nSPS) is 23.2. The van der Waals surface area contributed by atoms with Crippen LogP contribution in [0.2, 0.25) is 0 Å². The van der Waals surface area contributed by atoms with Crippen LogP contribution < -0.4 is 10.1 Å². The van der Waals surface area contributed by atoms with E-state index in [0.717, 1.165) is 30.6 Å². The minimum Gasteiger partial charge on any atom is -0.496 e. The molecule has 0 saturated carbocycles. The average molecular weight is 297 g/mol. The van der Waals surface area contributed by atoms with E-state index in [2.05, 4.69) is 12.2 Å². The lowest BCUT2D eigenvalue weighted by atomic mass is 10.0. The van der Waals surface area contributed by atoms with Gasteiger partial charge in [0.2, 0.25) is 0 Å². The molecule has 0 amide bonds.